The lowest BCUT2D eigenvalue weighted by molar-refractivity contribution is 0.283. The van der Waals surface area contributed by atoms with Gasteiger partial charge in [-0.25, -0.2) is 9.36 Å². The Hall–Kier alpha value is -3.36. The molecule has 2 heterocycles. The van der Waals surface area contributed by atoms with Crippen LogP contribution in [0.5, 0.6) is 0 Å². The highest BCUT2D eigenvalue weighted by molar-refractivity contribution is 6.31. The Morgan fingerprint density at radius 2 is 1.00 bits per heavy atom. The van der Waals surface area contributed by atoms with Gasteiger partial charge in [0.05, 0.1) is 23.9 Å². The van der Waals surface area contributed by atoms with Crippen molar-refractivity contribution >= 4 is 43.4 Å². The van der Waals surface area contributed by atoms with Crippen LogP contribution in [-0.2, 0) is 13.1 Å². The minimum atomic E-state index is -0.126. The maximum atomic E-state index is 13.5. The average molecular weight is 487 g/mol. The lowest BCUT2D eigenvalue weighted by Crippen LogP contribution is -2.33. The van der Waals surface area contributed by atoms with Gasteiger partial charge in [-0.3, -0.25) is 9.59 Å². The van der Waals surface area contributed by atoms with E-state index in [1.807, 2.05) is 24.3 Å². The number of hydrogen-bond acceptors (Lipinski definition) is 6. The SMILES string of the molecule is CCN(CC)CCn1nc2c3ccccc3c3nn(CCN(CC)CC)c(=O)c4ccc(c1=O)c2c43. The summed E-state index contributed by atoms with van der Waals surface area (Å²) in [6.07, 6.45) is 0. The molecule has 2 aromatic heterocycles. The van der Waals surface area contributed by atoms with E-state index in [9.17, 15) is 9.59 Å². The van der Waals surface area contributed by atoms with Crippen molar-refractivity contribution in [2.75, 3.05) is 39.3 Å². The van der Waals surface area contributed by atoms with Crippen LogP contribution in [0.2, 0.25) is 0 Å². The molecule has 8 nitrogen and oxygen atoms in total. The molecule has 0 saturated carbocycles. The van der Waals surface area contributed by atoms with E-state index in [-0.39, 0.29) is 11.1 Å². The van der Waals surface area contributed by atoms with Crippen molar-refractivity contribution in [3.05, 3.63) is 57.1 Å². The molecular weight excluding hydrogens is 452 g/mol. The average Bonchev–Trinajstić information content (AvgIpc) is 2.91. The van der Waals surface area contributed by atoms with Gasteiger partial charge in [0.15, 0.2) is 0 Å². The van der Waals surface area contributed by atoms with E-state index in [0.29, 0.717) is 23.9 Å². The highest BCUT2D eigenvalue weighted by Gasteiger charge is 2.21. The fourth-order valence-electron chi connectivity index (χ4n) is 5.29. The molecule has 5 rings (SSSR count). The van der Waals surface area contributed by atoms with Crippen LogP contribution in [0.3, 0.4) is 0 Å². The van der Waals surface area contributed by atoms with Gasteiger partial charge in [0, 0.05) is 34.6 Å². The maximum absolute atomic E-state index is 13.5. The normalized spacial score (nSPS) is 12.4. The summed E-state index contributed by atoms with van der Waals surface area (Å²) < 4.78 is 3.17. The second-order valence-electron chi connectivity index (χ2n) is 9.26. The third-order valence-electron chi connectivity index (χ3n) is 7.53. The number of likely N-dealkylation sites (N-methyl/N-ethyl adjacent to an activating group) is 2. The summed E-state index contributed by atoms with van der Waals surface area (Å²) in [4.78, 5) is 31.6. The number of fused-ring (bicyclic) bond motifs is 3. The van der Waals surface area contributed by atoms with Crippen LogP contribution < -0.4 is 11.1 Å². The van der Waals surface area contributed by atoms with Gasteiger partial charge in [0.25, 0.3) is 11.1 Å². The Bertz CT molecular complexity index is 1520. The lowest BCUT2D eigenvalue weighted by atomic mass is 9.96. The molecule has 5 aromatic rings. The molecule has 36 heavy (non-hydrogen) atoms. The van der Waals surface area contributed by atoms with E-state index in [1.165, 1.54) is 0 Å². The number of aromatic nitrogens is 4. The summed E-state index contributed by atoms with van der Waals surface area (Å²) in [6.45, 7) is 14.7. The fourth-order valence-corrected chi connectivity index (χ4v) is 5.29. The molecule has 3 aromatic carbocycles. The van der Waals surface area contributed by atoms with Crippen molar-refractivity contribution in [1.29, 1.82) is 0 Å². The summed E-state index contributed by atoms with van der Waals surface area (Å²) >= 11 is 0. The van der Waals surface area contributed by atoms with E-state index >= 15 is 0 Å². The van der Waals surface area contributed by atoms with Crippen LogP contribution in [0, 0.1) is 0 Å². The molecule has 0 aliphatic rings. The van der Waals surface area contributed by atoms with Crippen molar-refractivity contribution in [3.8, 4) is 0 Å². The zero-order valence-corrected chi connectivity index (χ0v) is 21.6. The Labute approximate surface area is 210 Å². The van der Waals surface area contributed by atoms with E-state index in [2.05, 4.69) is 37.5 Å². The van der Waals surface area contributed by atoms with E-state index in [1.54, 1.807) is 21.5 Å². The van der Waals surface area contributed by atoms with E-state index < -0.39 is 0 Å². The number of hydrogen-bond donors (Lipinski definition) is 0. The highest BCUT2D eigenvalue weighted by atomic mass is 16.1. The first-order valence-electron chi connectivity index (χ1n) is 13.0. The molecule has 188 valence electrons. The van der Waals surface area contributed by atoms with Gasteiger partial charge < -0.3 is 9.80 Å². The molecule has 8 heteroatoms. The number of rotatable bonds is 10. The van der Waals surface area contributed by atoms with Crippen LogP contribution in [0.25, 0.3) is 43.4 Å². The van der Waals surface area contributed by atoms with Crippen LogP contribution in [0.15, 0.2) is 46.0 Å². The van der Waals surface area contributed by atoms with E-state index in [4.69, 9.17) is 10.2 Å². The molecule has 0 amide bonds. The fraction of sp³-hybridized carbons (Fsp3) is 0.429. The topological polar surface area (TPSA) is 76.3 Å². The van der Waals surface area contributed by atoms with Crippen molar-refractivity contribution < 1.29 is 0 Å². The zero-order valence-electron chi connectivity index (χ0n) is 21.6. The van der Waals surface area contributed by atoms with Crippen LogP contribution >= 0.6 is 0 Å². The first-order valence-corrected chi connectivity index (χ1v) is 13.0. The van der Waals surface area contributed by atoms with Gasteiger partial charge in [0.2, 0.25) is 0 Å². The van der Waals surface area contributed by atoms with Crippen LogP contribution in [0.1, 0.15) is 27.7 Å². The Morgan fingerprint density at radius 3 is 1.36 bits per heavy atom. The van der Waals surface area contributed by atoms with Gasteiger partial charge in [0.1, 0.15) is 11.0 Å². The maximum Gasteiger partial charge on any atom is 0.274 e. The second-order valence-corrected chi connectivity index (χ2v) is 9.26. The molecule has 0 atom stereocenters. The summed E-state index contributed by atoms with van der Waals surface area (Å²) in [7, 11) is 0. The molecule has 0 N–H and O–H groups in total. The van der Waals surface area contributed by atoms with Crippen LogP contribution in [0.4, 0.5) is 0 Å². The predicted molar refractivity (Wildman–Crippen MR) is 147 cm³/mol. The molecule has 0 unspecified atom stereocenters. The molecule has 0 aliphatic heterocycles. The second kappa shape index (κ2) is 9.95. The third kappa shape index (κ3) is 3.94. The molecule has 0 spiro atoms. The van der Waals surface area contributed by atoms with E-state index in [0.717, 1.165) is 71.8 Å². The summed E-state index contributed by atoms with van der Waals surface area (Å²) in [5, 5.41) is 14.3. The molecule has 0 bridgehead atoms. The van der Waals surface area contributed by atoms with Gasteiger partial charge in [-0.05, 0) is 38.3 Å². The first-order chi connectivity index (χ1) is 17.5. The van der Waals surface area contributed by atoms with Gasteiger partial charge in [-0.15, -0.1) is 0 Å². The van der Waals surface area contributed by atoms with Gasteiger partial charge in [-0.1, -0.05) is 52.0 Å². The van der Waals surface area contributed by atoms with Crippen molar-refractivity contribution in [2.24, 2.45) is 0 Å². The van der Waals surface area contributed by atoms with Crippen molar-refractivity contribution in [2.45, 2.75) is 40.8 Å². The smallest absolute Gasteiger partial charge is 0.274 e. The Morgan fingerprint density at radius 1 is 0.611 bits per heavy atom. The van der Waals surface area contributed by atoms with Gasteiger partial charge in [-0.2, -0.15) is 10.2 Å². The van der Waals surface area contributed by atoms with Crippen molar-refractivity contribution in [3.63, 3.8) is 0 Å². The molecule has 0 saturated heterocycles. The molecule has 0 aliphatic carbocycles. The number of benzene rings is 3. The van der Waals surface area contributed by atoms with Crippen molar-refractivity contribution in [1.82, 2.24) is 29.4 Å². The standard InChI is InChI=1S/C28H34N6O2/c1-5-31(6-2)15-17-33-27(35)21-13-14-22-24-23(21)25(29-33)19-11-9-10-12-20(19)26(24)30-34(28(22)36)18-16-32(7-3)8-4/h9-14H,5-8,15-18H2,1-4H3. The minimum Gasteiger partial charge on any atom is -0.302 e. The zero-order chi connectivity index (χ0) is 25.4. The first kappa shape index (κ1) is 24.3. The quantitative estimate of drug-likeness (QED) is 0.222. The highest BCUT2D eigenvalue weighted by Crippen LogP contribution is 2.36. The lowest BCUT2D eigenvalue weighted by Gasteiger charge is -2.20. The molecular formula is C28H34N6O2. The predicted octanol–water partition coefficient (Wildman–Crippen LogP) is 3.53. The Kier molecular flexibility index (Phi) is 6.73. The van der Waals surface area contributed by atoms with Gasteiger partial charge >= 0.3 is 0 Å². The monoisotopic (exact) mass is 486 g/mol. The van der Waals surface area contributed by atoms with Crippen LogP contribution in [-0.4, -0.2) is 68.6 Å². The summed E-state index contributed by atoms with van der Waals surface area (Å²) in [6, 6.07) is 11.6. The number of nitrogens with zero attached hydrogens (tertiary/aromatic N) is 6. The largest absolute Gasteiger partial charge is 0.302 e. The third-order valence-corrected chi connectivity index (χ3v) is 7.53. The minimum absolute atomic E-state index is 0.126. The summed E-state index contributed by atoms with van der Waals surface area (Å²) in [5.74, 6) is 0. The molecule has 0 fully saturated rings. The molecule has 0 radical (unpaired) electrons. The Balaban J connectivity index is 1.78. The summed E-state index contributed by atoms with van der Waals surface area (Å²) in [5.41, 5.74) is 1.25.